The summed E-state index contributed by atoms with van der Waals surface area (Å²) in [5.41, 5.74) is 2.89. The predicted octanol–water partition coefficient (Wildman–Crippen LogP) is 5.72. The second-order valence-electron chi connectivity index (χ2n) is 10.3. The van der Waals surface area contributed by atoms with E-state index in [1.807, 2.05) is 18.2 Å². The van der Waals surface area contributed by atoms with Crippen molar-refractivity contribution < 1.29 is 27.1 Å². The van der Waals surface area contributed by atoms with Gasteiger partial charge in [-0.2, -0.15) is 5.26 Å². The number of rotatable bonds is 9. The molecule has 4 aromatic carbocycles. The Balaban J connectivity index is 1.30. The number of carbonyl (C=O) groups is 1. The topological polar surface area (TPSA) is 177 Å². The van der Waals surface area contributed by atoms with Gasteiger partial charge in [0.2, 0.25) is 15.9 Å². The number of ether oxygens (including phenoxy) is 1. The van der Waals surface area contributed by atoms with Gasteiger partial charge >= 0.3 is 0 Å². The lowest BCUT2D eigenvalue weighted by Crippen LogP contribution is -2.31. The molecule has 0 radical (unpaired) electrons. The Hall–Kier alpha value is -4.71. The van der Waals surface area contributed by atoms with Crippen LogP contribution in [0.25, 0.3) is 11.0 Å². The second-order valence-corrected chi connectivity index (χ2v) is 14.0. The van der Waals surface area contributed by atoms with Crippen LogP contribution in [0.4, 0.5) is 0 Å². The molecule has 0 spiro atoms. The molecule has 1 aliphatic heterocycles. The number of hydrogen-bond donors (Lipinski definition) is 5. The molecular weight excluding hydrogens is 603 g/mol. The molecule has 5 aromatic rings. The Kier molecular flexibility index (Phi) is 7.85. The van der Waals surface area contributed by atoms with Crippen molar-refractivity contribution in [2.75, 3.05) is 0 Å². The van der Waals surface area contributed by atoms with Gasteiger partial charge in [-0.15, -0.1) is 10.8 Å². The third-order valence-corrected chi connectivity index (χ3v) is 10.4. The first-order valence-electron chi connectivity index (χ1n) is 13.5. The van der Waals surface area contributed by atoms with Crippen molar-refractivity contribution in [3.8, 4) is 17.6 Å². The van der Waals surface area contributed by atoms with E-state index in [2.05, 4.69) is 25.5 Å². The number of nitrogens with zero attached hydrogens (tertiary/aromatic N) is 2. The van der Waals surface area contributed by atoms with E-state index in [0.717, 1.165) is 5.56 Å². The lowest BCUT2D eigenvalue weighted by atomic mass is 10.0. The molecule has 0 saturated carbocycles. The maximum absolute atomic E-state index is 13.7. The molecule has 2 heterocycles. The molecular formula is C31H27N5O6S2. The number of hydrogen-bond acceptors (Lipinski definition) is 8. The molecule has 1 aliphatic rings. The highest BCUT2D eigenvalue weighted by molar-refractivity contribution is 8.23. The minimum atomic E-state index is -4.09. The van der Waals surface area contributed by atoms with Crippen LogP contribution in [0.5, 0.6) is 11.5 Å². The maximum atomic E-state index is 13.7. The fourth-order valence-electron chi connectivity index (χ4n) is 5.02. The standard InChI is InChI=1S/C31H27N5O6S2/c32-19-21-11-14-26-27(16-21)34-31(33-26)28(15-20-9-12-22(13-10-20)29-18-30(37)36-44(29,40)41)35-43(38,39)25-8-4-7-24(17-25)42-23-5-2-1-3-6-23/h1-14,16-17,28-29,35,40-41H,15,18H2,(H,33,34)(H,36,37)/t28-,29?/m0/s1. The predicted molar refractivity (Wildman–Crippen MR) is 165 cm³/mol. The van der Waals surface area contributed by atoms with E-state index >= 15 is 0 Å². The van der Waals surface area contributed by atoms with Crippen molar-refractivity contribution in [3.63, 3.8) is 0 Å². The summed E-state index contributed by atoms with van der Waals surface area (Å²) in [7, 11) is -7.39. The largest absolute Gasteiger partial charge is 0.457 e. The van der Waals surface area contributed by atoms with Crippen LogP contribution in [0, 0.1) is 11.3 Å². The summed E-state index contributed by atoms with van der Waals surface area (Å²) in [6, 6.07) is 28.3. The minimum absolute atomic E-state index is 0.00207. The highest BCUT2D eigenvalue weighted by atomic mass is 32.3. The summed E-state index contributed by atoms with van der Waals surface area (Å²) in [5.74, 6) is 0.828. The first-order chi connectivity index (χ1) is 21.1. The first kappa shape index (κ1) is 29.4. The molecule has 1 unspecified atom stereocenters. The number of aromatic amines is 1. The van der Waals surface area contributed by atoms with E-state index in [-0.39, 0.29) is 17.7 Å². The average Bonchev–Trinajstić information content (AvgIpc) is 3.56. The average molecular weight is 630 g/mol. The number of H-pyrrole nitrogens is 1. The molecule has 224 valence electrons. The van der Waals surface area contributed by atoms with E-state index in [4.69, 9.17) is 4.74 Å². The number of amides is 1. The molecule has 0 aliphatic carbocycles. The summed E-state index contributed by atoms with van der Waals surface area (Å²) in [4.78, 5) is 19.6. The van der Waals surface area contributed by atoms with Crippen molar-refractivity contribution in [2.24, 2.45) is 0 Å². The molecule has 1 aromatic heterocycles. The molecule has 0 bridgehead atoms. The smallest absolute Gasteiger partial charge is 0.241 e. The van der Waals surface area contributed by atoms with Crippen LogP contribution in [0.3, 0.4) is 0 Å². The van der Waals surface area contributed by atoms with Gasteiger partial charge in [-0.1, -0.05) is 48.5 Å². The zero-order chi connectivity index (χ0) is 30.9. The van der Waals surface area contributed by atoms with Crippen LogP contribution >= 0.6 is 10.8 Å². The molecule has 44 heavy (non-hydrogen) atoms. The zero-order valence-corrected chi connectivity index (χ0v) is 24.7. The first-order valence-corrected chi connectivity index (χ1v) is 16.6. The molecule has 2 atom stereocenters. The molecule has 1 amide bonds. The summed E-state index contributed by atoms with van der Waals surface area (Å²) in [5, 5.41) is 8.54. The Morgan fingerprint density at radius 2 is 1.75 bits per heavy atom. The van der Waals surface area contributed by atoms with Crippen LogP contribution in [-0.2, 0) is 21.2 Å². The lowest BCUT2D eigenvalue weighted by Gasteiger charge is -2.32. The van der Waals surface area contributed by atoms with Crippen LogP contribution < -0.4 is 14.2 Å². The summed E-state index contributed by atoms with van der Waals surface area (Å²) < 4.78 is 58.8. The van der Waals surface area contributed by atoms with E-state index < -0.39 is 38.0 Å². The molecule has 1 saturated heterocycles. The number of sulfonamides is 1. The Morgan fingerprint density at radius 3 is 2.45 bits per heavy atom. The van der Waals surface area contributed by atoms with Crippen LogP contribution in [0.2, 0.25) is 0 Å². The zero-order valence-electron chi connectivity index (χ0n) is 23.0. The Morgan fingerprint density at radius 1 is 1.00 bits per heavy atom. The van der Waals surface area contributed by atoms with Gasteiger partial charge < -0.3 is 9.72 Å². The minimum Gasteiger partial charge on any atom is -0.457 e. The number of nitrogens with one attached hydrogen (secondary N) is 3. The van der Waals surface area contributed by atoms with Crippen molar-refractivity contribution in [1.82, 2.24) is 19.4 Å². The van der Waals surface area contributed by atoms with Gasteiger partial charge in [0.1, 0.15) is 22.6 Å². The van der Waals surface area contributed by atoms with Crippen molar-refractivity contribution in [1.29, 1.82) is 5.26 Å². The van der Waals surface area contributed by atoms with Crippen LogP contribution in [0.1, 0.15) is 40.2 Å². The second kappa shape index (κ2) is 11.8. The van der Waals surface area contributed by atoms with Gasteiger partial charge in [0.05, 0.1) is 40.0 Å². The number of para-hydroxylation sites is 1. The summed E-state index contributed by atoms with van der Waals surface area (Å²) >= 11 is 0. The third-order valence-electron chi connectivity index (χ3n) is 7.17. The van der Waals surface area contributed by atoms with Gasteiger partial charge in [0.25, 0.3) is 0 Å². The fraction of sp³-hybridized carbons (Fsp3) is 0.129. The third kappa shape index (κ3) is 6.30. The van der Waals surface area contributed by atoms with Gasteiger partial charge in [-0.3, -0.25) is 18.6 Å². The monoisotopic (exact) mass is 629 g/mol. The molecule has 11 nitrogen and oxygen atoms in total. The highest BCUT2D eigenvalue weighted by Crippen LogP contribution is 2.56. The highest BCUT2D eigenvalue weighted by Gasteiger charge is 2.38. The fourth-order valence-corrected chi connectivity index (χ4v) is 7.74. The van der Waals surface area contributed by atoms with E-state index in [0.29, 0.717) is 39.5 Å². The number of aromatic nitrogens is 2. The van der Waals surface area contributed by atoms with Crippen molar-refractivity contribution in [2.45, 2.75) is 29.0 Å². The number of benzene rings is 4. The van der Waals surface area contributed by atoms with Crippen LogP contribution in [-0.4, -0.2) is 33.4 Å². The number of carbonyl (C=O) groups excluding carboxylic acids is 1. The normalized spacial score (nSPS) is 17.5. The quantitative estimate of drug-likeness (QED) is 0.138. The summed E-state index contributed by atoms with van der Waals surface area (Å²) in [6.45, 7) is 0. The number of nitriles is 1. The molecule has 1 fully saturated rings. The van der Waals surface area contributed by atoms with Crippen LogP contribution in [0.15, 0.2) is 102 Å². The SMILES string of the molecule is N#Cc1ccc2nc([C@H](Cc3ccc(C4CC(=O)NS4(O)O)cc3)NS(=O)(=O)c3cccc(Oc4ccccc4)c3)[nH]c2c1. The Bertz CT molecular complexity index is 1990. The molecule has 6 rings (SSSR count). The van der Waals surface area contributed by atoms with E-state index in [1.54, 1.807) is 66.7 Å². The molecule has 5 N–H and O–H groups in total. The van der Waals surface area contributed by atoms with Gasteiger partial charge in [-0.05, 0) is 60.0 Å². The lowest BCUT2D eigenvalue weighted by molar-refractivity contribution is -0.118. The van der Waals surface area contributed by atoms with Gasteiger partial charge in [0, 0.05) is 6.07 Å². The van der Waals surface area contributed by atoms with E-state index in [9.17, 15) is 27.6 Å². The number of imidazole rings is 1. The number of fused-ring (bicyclic) bond motifs is 1. The summed E-state index contributed by atoms with van der Waals surface area (Å²) in [6.07, 6.45) is 0.142. The van der Waals surface area contributed by atoms with Crippen molar-refractivity contribution >= 4 is 37.7 Å². The van der Waals surface area contributed by atoms with Gasteiger partial charge in [-0.25, -0.2) is 18.1 Å². The van der Waals surface area contributed by atoms with E-state index in [1.165, 1.54) is 12.1 Å². The van der Waals surface area contributed by atoms with Gasteiger partial charge in [0.15, 0.2) is 0 Å². The van der Waals surface area contributed by atoms with Crippen molar-refractivity contribution in [3.05, 3.63) is 120 Å². The molecule has 13 heteroatoms. The maximum Gasteiger partial charge on any atom is 0.241 e. The Labute approximate surface area is 255 Å².